The second kappa shape index (κ2) is 7.02. The molecule has 0 saturated carbocycles. The molecule has 0 unspecified atom stereocenters. The predicted molar refractivity (Wildman–Crippen MR) is 84.6 cm³/mol. The first kappa shape index (κ1) is 15.9. The average Bonchev–Trinajstić information content (AvgIpc) is 2.47. The molecule has 0 bridgehead atoms. The number of benzene rings is 2. The van der Waals surface area contributed by atoms with E-state index in [1.807, 2.05) is 0 Å². The monoisotopic (exact) mass is 337 g/mol. The molecule has 0 spiro atoms. The SMILES string of the molecule is O=C(NN=Cc1cccc([N+](=O)[O-])c1)c1ccc(Cl)cc1Cl. The van der Waals surface area contributed by atoms with Crippen LogP contribution in [-0.2, 0) is 0 Å². The number of non-ortho nitro benzene ring substituents is 1. The summed E-state index contributed by atoms with van der Waals surface area (Å²) in [6, 6.07) is 10.3. The van der Waals surface area contributed by atoms with Gasteiger partial charge < -0.3 is 0 Å². The quantitative estimate of drug-likeness (QED) is 0.524. The Morgan fingerprint density at radius 2 is 2.00 bits per heavy atom. The third kappa shape index (κ3) is 4.03. The molecule has 0 aliphatic carbocycles. The van der Waals surface area contributed by atoms with E-state index in [0.717, 1.165) is 0 Å². The van der Waals surface area contributed by atoms with E-state index in [1.54, 1.807) is 6.07 Å². The van der Waals surface area contributed by atoms with Gasteiger partial charge in [-0.05, 0) is 18.2 Å². The highest BCUT2D eigenvalue weighted by Crippen LogP contribution is 2.20. The van der Waals surface area contributed by atoms with Crippen LogP contribution in [0.15, 0.2) is 47.6 Å². The summed E-state index contributed by atoms with van der Waals surface area (Å²) in [7, 11) is 0. The second-order valence-electron chi connectivity index (χ2n) is 4.18. The molecule has 1 N–H and O–H groups in total. The summed E-state index contributed by atoms with van der Waals surface area (Å²) < 4.78 is 0. The highest BCUT2D eigenvalue weighted by atomic mass is 35.5. The van der Waals surface area contributed by atoms with Crippen molar-refractivity contribution in [2.75, 3.05) is 0 Å². The van der Waals surface area contributed by atoms with Crippen LogP contribution in [0.1, 0.15) is 15.9 Å². The van der Waals surface area contributed by atoms with Crippen molar-refractivity contribution in [3.8, 4) is 0 Å². The predicted octanol–water partition coefficient (Wildman–Crippen LogP) is 3.67. The van der Waals surface area contributed by atoms with Gasteiger partial charge in [-0.3, -0.25) is 14.9 Å². The zero-order valence-electron chi connectivity index (χ0n) is 11.0. The Balaban J connectivity index is 2.07. The maximum Gasteiger partial charge on any atom is 0.272 e. The summed E-state index contributed by atoms with van der Waals surface area (Å²) in [5, 5.41) is 15.0. The van der Waals surface area contributed by atoms with Gasteiger partial charge in [-0.15, -0.1) is 0 Å². The molecule has 2 aromatic carbocycles. The number of carbonyl (C=O) groups excluding carboxylic acids is 1. The maximum absolute atomic E-state index is 11.9. The number of carbonyl (C=O) groups is 1. The van der Waals surface area contributed by atoms with Gasteiger partial charge in [0.25, 0.3) is 11.6 Å². The van der Waals surface area contributed by atoms with Gasteiger partial charge in [0.05, 0.1) is 21.7 Å². The molecule has 0 fully saturated rings. The van der Waals surface area contributed by atoms with E-state index in [2.05, 4.69) is 10.5 Å². The third-order valence-corrected chi connectivity index (χ3v) is 3.18. The number of amides is 1. The molecule has 0 aliphatic rings. The minimum absolute atomic E-state index is 0.0592. The van der Waals surface area contributed by atoms with Gasteiger partial charge >= 0.3 is 0 Å². The van der Waals surface area contributed by atoms with Crippen LogP contribution in [-0.4, -0.2) is 17.0 Å². The first-order valence-electron chi connectivity index (χ1n) is 6.00. The molecule has 0 aliphatic heterocycles. The standard InChI is InChI=1S/C14H9Cl2N3O3/c15-10-4-5-12(13(16)7-10)14(20)18-17-8-9-2-1-3-11(6-9)19(21)22/h1-8H,(H,18,20). The van der Waals surface area contributed by atoms with Crippen molar-refractivity contribution in [1.82, 2.24) is 5.43 Å². The Bertz CT molecular complexity index is 763. The molecule has 2 rings (SSSR count). The van der Waals surface area contributed by atoms with Crippen LogP contribution in [0.2, 0.25) is 10.0 Å². The zero-order chi connectivity index (χ0) is 16.1. The molecule has 1 amide bonds. The number of hydrazone groups is 1. The summed E-state index contributed by atoms with van der Waals surface area (Å²) in [5.74, 6) is -0.511. The van der Waals surface area contributed by atoms with E-state index >= 15 is 0 Å². The minimum atomic E-state index is -0.511. The largest absolute Gasteiger partial charge is 0.272 e. The lowest BCUT2D eigenvalue weighted by molar-refractivity contribution is -0.384. The number of hydrogen-bond acceptors (Lipinski definition) is 4. The fourth-order valence-electron chi connectivity index (χ4n) is 1.62. The third-order valence-electron chi connectivity index (χ3n) is 2.64. The van der Waals surface area contributed by atoms with E-state index in [0.29, 0.717) is 10.6 Å². The normalized spacial score (nSPS) is 10.6. The molecular formula is C14H9Cl2N3O3. The van der Waals surface area contributed by atoms with Crippen LogP contribution in [0.5, 0.6) is 0 Å². The molecule has 112 valence electrons. The van der Waals surface area contributed by atoms with Crippen molar-refractivity contribution in [3.05, 3.63) is 73.8 Å². The number of hydrogen-bond donors (Lipinski definition) is 1. The zero-order valence-corrected chi connectivity index (χ0v) is 12.5. The number of nitro groups is 1. The van der Waals surface area contributed by atoms with E-state index < -0.39 is 10.8 Å². The summed E-state index contributed by atoms with van der Waals surface area (Å²) >= 11 is 11.6. The topological polar surface area (TPSA) is 84.6 Å². The fourth-order valence-corrected chi connectivity index (χ4v) is 2.11. The van der Waals surface area contributed by atoms with Crippen molar-refractivity contribution in [1.29, 1.82) is 0 Å². The van der Waals surface area contributed by atoms with Gasteiger partial charge in [0.2, 0.25) is 0 Å². The lowest BCUT2D eigenvalue weighted by Gasteiger charge is -2.02. The number of halogens is 2. The second-order valence-corrected chi connectivity index (χ2v) is 5.02. The summed E-state index contributed by atoms with van der Waals surface area (Å²) in [6.45, 7) is 0. The van der Waals surface area contributed by atoms with E-state index in [-0.39, 0.29) is 16.3 Å². The average molecular weight is 338 g/mol. The summed E-state index contributed by atoms with van der Waals surface area (Å²) in [4.78, 5) is 22.0. The van der Waals surface area contributed by atoms with Crippen LogP contribution in [0.3, 0.4) is 0 Å². The molecule has 0 saturated heterocycles. The Labute approximate surface area is 135 Å². The lowest BCUT2D eigenvalue weighted by Crippen LogP contribution is -2.18. The van der Waals surface area contributed by atoms with Gasteiger partial charge in [-0.1, -0.05) is 35.3 Å². The maximum atomic E-state index is 11.9. The van der Waals surface area contributed by atoms with Crippen molar-refractivity contribution in [2.45, 2.75) is 0 Å². The van der Waals surface area contributed by atoms with Gasteiger partial charge in [-0.25, -0.2) is 5.43 Å². The molecule has 0 radical (unpaired) electrons. The van der Waals surface area contributed by atoms with Gasteiger partial charge in [0.1, 0.15) is 0 Å². The molecule has 22 heavy (non-hydrogen) atoms. The number of nitrogens with one attached hydrogen (secondary N) is 1. The number of nitro benzene ring substituents is 1. The highest BCUT2D eigenvalue weighted by Gasteiger charge is 2.09. The smallest absolute Gasteiger partial charge is 0.267 e. The van der Waals surface area contributed by atoms with Crippen molar-refractivity contribution in [3.63, 3.8) is 0 Å². The van der Waals surface area contributed by atoms with E-state index in [9.17, 15) is 14.9 Å². The first-order chi connectivity index (χ1) is 10.5. The van der Waals surface area contributed by atoms with Crippen LogP contribution < -0.4 is 5.43 Å². The van der Waals surface area contributed by atoms with Crippen LogP contribution in [0.4, 0.5) is 5.69 Å². The minimum Gasteiger partial charge on any atom is -0.267 e. The Kier molecular flexibility index (Phi) is 5.08. The number of nitrogens with zero attached hydrogens (tertiary/aromatic N) is 2. The highest BCUT2D eigenvalue weighted by molar-refractivity contribution is 6.36. The molecule has 6 nitrogen and oxygen atoms in total. The molecular weight excluding hydrogens is 329 g/mol. The lowest BCUT2D eigenvalue weighted by atomic mass is 10.2. The molecule has 2 aromatic rings. The number of rotatable bonds is 4. The Morgan fingerprint density at radius 1 is 1.23 bits per heavy atom. The van der Waals surface area contributed by atoms with Crippen molar-refractivity contribution in [2.24, 2.45) is 5.10 Å². The molecule has 0 atom stereocenters. The van der Waals surface area contributed by atoms with Crippen LogP contribution in [0.25, 0.3) is 0 Å². The van der Waals surface area contributed by atoms with Gasteiger partial charge in [-0.2, -0.15) is 5.10 Å². The van der Waals surface area contributed by atoms with Crippen LogP contribution in [0, 0.1) is 10.1 Å². The van der Waals surface area contributed by atoms with E-state index in [1.165, 1.54) is 42.6 Å². The van der Waals surface area contributed by atoms with Gasteiger partial charge in [0.15, 0.2) is 0 Å². The van der Waals surface area contributed by atoms with E-state index in [4.69, 9.17) is 23.2 Å². The summed E-state index contributed by atoms with van der Waals surface area (Å²) in [6.07, 6.45) is 1.30. The fraction of sp³-hybridized carbons (Fsp3) is 0. The van der Waals surface area contributed by atoms with Gasteiger partial charge in [0, 0.05) is 22.7 Å². The van der Waals surface area contributed by atoms with Crippen molar-refractivity contribution < 1.29 is 9.72 Å². The summed E-state index contributed by atoms with van der Waals surface area (Å²) in [5.41, 5.74) is 2.94. The molecule has 8 heteroatoms. The Hall–Kier alpha value is -2.44. The Morgan fingerprint density at radius 3 is 2.68 bits per heavy atom. The van der Waals surface area contributed by atoms with Crippen LogP contribution >= 0.6 is 23.2 Å². The van der Waals surface area contributed by atoms with Crippen molar-refractivity contribution >= 4 is 41.0 Å². The molecule has 0 aromatic heterocycles. The molecule has 0 heterocycles. The first-order valence-corrected chi connectivity index (χ1v) is 6.76.